The smallest absolute Gasteiger partial charge is 0.347 e. The topological polar surface area (TPSA) is 35.5 Å². The second-order valence-corrected chi connectivity index (χ2v) is 4.96. The van der Waals surface area contributed by atoms with Gasteiger partial charge in [0.1, 0.15) is 28.2 Å². The highest BCUT2D eigenvalue weighted by Crippen LogP contribution is 2.41. The zero-order valence-electron chi connectivity index (χ0n) is 9.70. The van der Waals surface area contributed by atoms with Crippen LogP contribution in [0.4, 0.5) is 0 Å². The molecule has 0 bridgehead atoms. The third-order valence-electron chi connectivity index (χ3n) is 2.37. The van der Waals surface area contributed by atoms with Crippen LogP contribution in [0, 0.1) is 0 Å². The van der Waals surface area contributed by atoms with E-state index >= 15 is 0 Å². The summed E-state index contributed by atoms with van der Waals surface area (Å²) in [6, 6.07) is 9.77. The Morgan fingerprint density at radius 1 is 1.00 bits per heavy atom. The van der Waals surface area contributed by atoms with Crippen LogP contribution < -0.4 is 9.03 Å². The van der Waals surface area contributed by atoms with Crippen molar-refractivity contribution in [2.24, 2.45) is 0 Å². The number of carbonyl (C=O) groups excluding carboxylic acids is 1. The minimum Gasteiger partial charge on any atom is -0.423 e. The molecule has 0 aliphatic heterocycles. The fourth-order valence-electron chi connectivity index (χ4n) is 1.46. The summed E-state index contributed by atoms with van der Waals surface area (Å²) in [5, 5.41) is 0.0727. The summed E-state index contributed by atoms with van der Waals surface area (Å²) in [4.78, 5) is 12.1. The number of hydrogen-bond acceptors (Lipinski definition) is 3. The van der Waals surface area contributed by atoms with Crippen LogP contribution in [0.15, 0.2) is 36.4 Å². The second kappa shape index (κ2) is 6.55. The summed E-state index contributed by atoms with van der Waals surface area (Å²) in [5.74, 6) is -0.462. The molecule has 2 aromatic rings. The van der Waals surface area contributed by atoms with Crippen molar-refractivity contribution in [3.05, 3.63) is 57.0 Å². The monoisotopic (exact) mass is 350 g/mol. The van der Waals surface area contributed by atoms with E-state index in [0.717, 1.165) is 0 Å². The highest BCUT2D eigenvalue weighted by Gasteiger charge is 2.22. The van der Waals surface area contributed by atoms with Crippen molar-refractivity contribution in [3.63, 3.8) is 0 Å². The van der Waals surface area contributed by atoms with Crippen LogP contribution in [-0.2, 0) is 0 Å². The van der Waals surface area contributed by atoms with Gasteiger partial charge in [-0.15, -0.1) is 0 Å². The molecule has 0 radical (unpaired) electrons. The van der Waals surface area contributed by atoms with E-state index in [1.54, 1.807) is 30.3 Å². The van der Waals surface area contributed by atoms with Gasteiger partial charge in [0.2, 0.25) is 0 Å². The molecule has 7 heteroatoms. The van der Waals surface area contributed by atoms with Crippen LogP contribution in [0.3, 0.4) is 0 Å². The van der Waals surface area contributed by atoms with Crippen molar-refractivity contribution >= 4 is 52.6 Å². The minimum atomic E-state index is -0.715. The molecule has 2 aromatic carbocycles. The lowest BCUT2D eigenvalue weighted by molar-refractivity contribution is 0.0733. The Labute approximate surface area is 135 Å². The van der Waals surface area contributed by atoms with Crippen LogP contribution >= 0.6 is 46.7 Å². The Morgan fingerprint density at radius 2 is 1.65 bits per heavy atom. The van der Waals surface area contributed by atoms with Gasteiger partial charge in [0.25, 0.3) is 0 Å². The largest absolute Gasteiger partial charge is 0.423 e. The van der Waals surface area contributed by atoms with Gasteiger partial charge in [-0.3, -0.25) is 0 Å². The molecule has 0 unspecified atom stereocenters. The zero-order chi connectivity index (χ0) is 14.7. The van der Waals surface area contributed by atoms with E-state index in [4.69, 9.17) is 51.4 Å². The third kappa shape index (κ3) is 3.13. The number of benzene rings is 2. The highest BCUT2D eigenvalue weighted by molar-refractivity contribution is 6.49. The van der Waals surface area contributed by atoms with Crippen LogP contribution in [-0.4, -0.2) is 5.97 Å². The average Bonchev–Trinajstić information content (AvgIpc) is 2.45. The molecule has 20 heavy (non-hydrogen) atoms. The number of para-hydroxylation sites is 1. The molecule has 0 atom stereocenters. The van der Waals surface area contributed by atoms with Crippen molar-refractivity contribution in [2.45, 2.75) is 0 Å². The molecule has 0 aromatic heterocycles. The summed E-state index contributed by atoms with van der Waals surface area (Å²) in [5.41, 5.74) is -0.0248. The molecule has 0 N–H and O–H groups in total. The lowest BCUT2D eigenvalue weighted by Crippen LogP contribution is -2.10. The first-order valence-corrected chi connectivity index (χ1v) is 6.72. The molecule has 0 aliphatic carbocycles. The molecule has 0 saturated carbocycles. The molecular formula is C13H6Cl4O3. The first kappa shape index (κ1) is 15.3. The molecule has 0 heterocycles. The standard InChI is InChI=1S/C13H6Cl4O3/c14-9-6-8(12(20-17)11(16)10(9)15)13(18)19-7-4-2-1-3-5-7/h1-6H. The van der Waals surface area contributed by atoms with E-state index in [2.05, 4.69) is 4.29 Å². The average molecular weight is 352 g/mol. The van der Waals surface area contributed by atoms with Gasteiger partial charge in [-0.1, -0.05) is 53.0 Å². The van der Waals surface area contributed by atoms with E-state index in [1.807, 2.05) is 0 Å². The van der Waals surface area contributed by atoms with Gasteiger partial charge < -0.3 is 9.03 Å². The molecule has 0 aliphatic rings. The summed E-state index contributed by atoms with van der Waals surface area (Å²) >= 11 is 22.9. The third-order valence-corrected chi connectivity index (χ3v) is 3.77. The molecule has 3 nitrogen and oxygen atoms in total. The maximum absolute atomic E-state index is 12.1. The Kier molecular flexibility index (Phi) is 5.00. The second-order valence-electron chi connectivity index (χ2n) is 3.64. The molecule has 0 amide bonds. The molecule has 0 spiro atoms. The first-order valence-electron chi connectivity index (χ1n) is 5.28. The van der Waals surface area contributed by atoms with E-state index in [9.17, 15) is 4.79 Å². The lowest BCUT2D eigenvalue weighted by atomic mass is 10.2. The number of hydrogen-bond donors (Lipinski definition) is 0. The van der Waals surface area contributed by atoms with Gasteiger partial charge in [-0.05, 0) is 18.2 Å². The van der Waals surface area contributed by atoms with Crippen LogP contribution in [0.2, 0.25) is 15.1 Å². The van der Waals surface area contributed by atoms with E-state index < -0.39 is 5.97 Å². The quantitative estimate of drug-likeness (QED) is 0.422. The number of esters is 1. The van der Waals surface area contributed by atoms with Gasteiger partial charge in [-0.25, -0.2) is 4.79 Å². The zero-order valence-corrected chi connectivity index (χ0v) is 12.7. The molecular weight excluding hydrogens is 346 g/mol. The number of halogens is 4. The number of carbonyl (C=O) groups is 1. The van der Waals surface area contributed by atoms with E-state index in [0.29, 0.717) is 5.75 Å². The molecule has 2 rings (SSSR count). The summed E-state index contributed by atoms with van der Waals surface area (Å²) in [6.45, 7) is 0. The fraction of sp³-hybridized carbons (Fsp3) is 0. The highest BCUT2D eigenvalue weighted by atomic mass is 35.5. The minimum absolute atomic E-state index is 0.0248. The Morgan fingerprint density at radius 3 is 2.25 bits per heavy atom. The Hall–Kier alpha value is -1.13. The van der Waals surface area contributed by atoms with E-state index in [-0.39, 0.29) is 26.4 Å². The summed E-state index contributed by atoms with van der Waals surface area (Å²) in [6.07, 6.45) is 0. The fourth-order valence-corrected chi connectivity index (χ4v) is 2.29. The normalized spacial score (nSPS) is 10.2. The number of rotatable bonds is 3. The lowest BCUT2D eigenvalue weighted by Gasteiger charge is -2.10. The van der Waals surface area contributed by atoms with E-state index in [1.165, 1.54) is 6.07 Å². The van der Waals surface area contributed by atoms with Gasteiger partial charge in [-0.2, -0.15) is 0 Å². The van der Waals surface area contributed by atoms with Crippen LogP contribution in [0.5, 0.6) is 11.5 Å². The molecule has 0 saturated heterocycles. The van der Waals surface area contributed by atoms with Crippen molar-refractivity contribution in [2.75, 3.05) is 0 Å². The van der Waals surface area contributed by atoms with Crippen molar-refractivity contribution in [1.29, 1.82) is 0 Å². The number of ether oxygens (including phenoxy) is 1. The van der Waals surface area contributed by atoms with Gasteiger partial charge >= 0.3 is 5.97 Å². The van der Waals surface area contributed by atoms with Crippen molar-refractivity contribution in [3.8, 4) is 11.5 Å². The molecule has 104 valence electrons. The Bertz CT molecular complexity index is 644. The summed E-state index contributed by atoms with van der Waals surface area (Å²) in [7, 11) is 0. The van der Waals surface area contributed by atoms with Gasteiger partial charge in [0, 0.05) is 0 Å². The van der Waals surface area contributed by atoms with Crippen LogP contribution in [0.25, 0.3) is 0 Å². The van der Waals surface area contributed by atoms with Gasteiger partial charge in [0.15, 0.2) is 5.75 Å². The SMILES string of the molecule is O=C(Oc1ccccc1)c1cc(Cl)c(Cl)c(Cl)c1OCl. The Balaban J connectivity index is 2.40. The maximum atomic E-state index is 12.1. The van der Waals surface area contributed by atoms with Gasteiger partial charge in [0.05, 0.1) is 10.0 Å². The van der Waals surface area contributed by atoms with Crippen molar-refractivity contribution in [1.82, 2.24) is 0 Å². The van der Waals surface area contributed by atoms with Crippen molar-refractivity contribution < 1.29 is 13.8 Å². The first-order chi connectivity index (χ1) is 9.54. The molecule has 0 fully saturated rings. The summed E-state index contributed by atoms with van der Waals surface area (Å²) < 4.78 is 9.72. The maximum Gasteiger partial charge on any atom is 0.347 e. The predicted molar refractivity (Wildman–Crippen MR) is 79.4 cm³/mol. The predicted octanol–water partition coefficient (Wildman–Crippen LogP) is 5.40. The van der Waals surface area contributed by atoms with Crippen LogP contribution in [0.1, 0.15) is 10.4 Å².